The third-order valence-corrected chi connectivity index (χ3v) is 5.21. The number of terminal acetylenes is 4. The molecule has 0 atom stereocenters. The predicted octanol–water partition coefficient (Wildman–Crippen LogP) is 5.00. The van der Waals surface area contributed by atoms with E-state index in [9.17, 15) is 10.2 Å². The average Bonchev–Trinajstić information content (AvgIpc) is 2.77. The fraction of sp³-hybridized carbons (Fsp3) is 0. The van der Waals surface area contributed by atoms with Crippen molar-refractivity contribution in [1.29, 1.82) is 0 Å². The molecule has 0 spiro atoms. The maximum atomic E-state index is 10.8. The number of hydrogen-bond acceptors (Lipinski definition) is 2. The van der Waals surface area contributed by atoms with Crippen LogP contribution in [0.15, 0.2) is 48.5 Å². The molecule has 2 heteroatoms. The van der Waals surface area contributed by atoms with Crippen molar-refractivity contribution in [3.8, 4) is 72.0 Å². The quantitative estimate of drug-likeness (QED) is 0.455. The Labute approximate surface area is 174 Å². The molecule has 2 nitrogen and oxygen atoms in total. The first-order chi connectivity index (χ1) is 14.5. The fourth-order valence-electron chi connectivity index (χ4n) is 3.87. The summed E-state index contributed by atoms with van der Waals surface area (Å²) in [5.74, 6) is 10.4. The number of phenols is 2. The Morgan fingerprint density at radius 1 is 0.467 bits per heavy atom. The lowest BCUT2D eigenvalue weighted by atomic mass is 9.88. The van der Waals surface area contributed by atoms with Crippen LogP contribution in [-0.4, -0.2) is 10.2 Å². The number of benzene rings is 4. The molecule has 30 heavy (non-hydrogen) atoms. The first kappa shape index (κ1) is 18.6. The number of fused-ring (bicyclic) bond motifs is 2. The van der Waals surface area contributed by atoms with Crippen molar-refractivity contribution in [3.63, 3.8) is 0 Å². The largest absolute Gasteiger partial charge is 0.507 e. The molecule has 0 saturated carbocycles. The molecule has 4 rings (SSSR count). The van der Waals surface area contributed by atoms with Gasteiger partial charge in [0.15, 0.2) is 0 Å². The number of aromatic hydroxyl groups is 2. The summed E-state index contributed by atoms with van der Waals surface area (Å²) < 4.78 is 0. The van der Waals surface area contributed by atoms with Gasteiger partial charge >= 0.3 is 0 Å². The van der Waals surface area contributed by atoms with E-state index in [2.05, 4.69) is 23.7 Å². The Bertz CT molecular complexity index is 1420. The topological polar surface area (TPSA) is 40.5 Å². The molecule has 0 radical (unpaired) electrons. The van der Waals surface area contributed by atoms with Crippen molar-refractivity contribution in [3.05, 3.63) is 70.8 Å². The summed E-state index contributed by atoms with van der Waals surface area (Å²) in [5, 5.41) is 24.3. The van der Waals surface area contributed by atoms with E-state index in [-0.39, 0.29) is 11.5 Å². The van der Waals surface area contributed by atoms with E-state index in [1.165, 1.54) is 12.1 Å². The van der Waals surface area contributed by atoms with Crippen molar-refractivity contribution in [2.75, 3.05) is 0 Å². The molecule has 0 aromatic heterocycles. The Kier molecular flexibility index (Phi) is 4.34. The number of phenolic OH excluding ortho intramolecular Hbond substituents is 2. The minimum absolute atomic E-state index is 0.00925. The van der Waals surface area contributed by atoms with E-state index in [1.54, 1.807) is 36.4 Å². The number of hydrogen-bond donors (Lipinski definition) is 2. The van der Waals surface area contributed by atoms with Gasteiger partial charge in [0.2, 0.25) is 0 Å². The first-order valence-electron chi connectivity index (χ1n) is 8.99. The summed E-state index contributed by atoms with van der Waals surface area (Å²) >= 11 is 0. The van der Waals surface area contributed by atoms with Gasteiger partial charge in [0.25, 0.3) is 0 Å². The van der Waals surface area contributed by atoms with Gasteiger partial charge in [-0.2, -0.15) is 0 Å². The lowest BCUT2D eigenvalue weighted by Gasteiger charge is -2.16. The Hall–Kier alpha value is -4.76. The monoisotopic (exact) mass is 382 g/mol. The van der Waals surface area contributed by atoms with Gasteiger partial charge < -0.3 is 10.2 Å². The first-order valence-corrected chi connectivity index (χ1v) is 8.99. The van der Waals surface area contributed by atoms with Gasteiger partial charge in [-0.1, -0.05) is 35.8 Å². The zero-order valence-electron chi connectivity index (χ0n) is 15.8. The molecule has 0 amide bonds. The van der Waals surface area contributed by atoms with E-state index < -0.39 is 0 Å². The Morgan fingerprint density at radius 2 is 0.833 bits per heavy atom. The van der Waals surface area contributed by atoms with Gasteiger partial charge in [0.05, 0.1) is 0 Å². The van der Waals surface area contributed by atoms with Crippen LogP contribution in [0.2, 0.25) is 0 Å². The molecule has 0 aliphatic heterocycles. The second-order valence-electron chi connectivity index (χ2n) is 6.66. The fourth-order valence-corrected chi connectivity index (χ4v) is 3.87. The summed E-state index contributed by atoms with van der Waals surface area (Å²) in [4.78, 5) is 0. The predicted molar refractivity (Wildman–Crippen MR) is 122 cm³/mol. The molecule has 0 aliphatic rings. The van der Waals surface area contributed by atoms with Crippen LogP contribution in [0.1, 0.15) is 22.3 Å². The minimum atomic E-state index is -0.00925. The van der Waals surface area contributed by atoms with Crippen LogP contribution in [0.3, 0.4) is 0 Å². The van der Waals surface area contributed by atoms with Crippen LogP contribution in [0.5, 0.6) is 11.5 Å². The highest BCUT2D eigenvalue weighted by atomic mass is 16.3. The van der Waals surface area contributed by atoms with E-state index in [0.29, 0.717) is 54.9 Å². The van der Waals surface area contributed by atoms with Crippen molar-refractivity contribution in [1.82, 2.24) is 0 Å². The molecule has 0 fully saturated rings. The minimum Gasteiger partial charge on any atom is -0.507 e. The normalized spacial score (nSPS) is 10.1. The zero-order valence-corrected chi connectivity index (χ0v) is 15.8. The summed E-state index contributed by atoms with van der Waals surface area (Å²) in [6.07, 6.45) is 22.6. The standard InChI is InChI=1S/C28H14O2/c1-5-17-9-11-23-21(19(17)7-3)13-15-25(29)27(23)28-24-12-10-18(6-2)20(8-4)22(24)14-16-26(28)30/h1-4,9-16,29-30H. The highest BCUT2D eigenvalue weighted by molar-refractivity contribution is 6.12. The van der Waals surface area contributed by atoms with Crippen molar-refractivity contribution in [2.24, 2.45) is 0 Å². The third kappa shape index (κ3) is 2.54. The van der Waals surface area contributed by atoms with Gasteiger partial charge in [-0.05, 0) is 57.9 Å². The smallest absolute Gasteiger partial charge is 0.124 e. The third-order valence-electron chi connectivity index (χ3n) is 5.21. The lowest BCUT2D eigenvalue weighted by molar-refractivity contribution is 0.470. The molecular weight excluding hydrogens is 368 g/mol. The maximum absolute atomic E-state index is 10.8. The summed E-state index contributed by atoms with van der Waals surface area (Å²) in [6.45, 7) is 0. The Morgan fingerprint density at radius 3 is 1.17 bits per heavy atom. The van der Waals surface area contributed by atoms with Crippen LogP contribution in [0.4, 0.5) is 0 Å². The van der Waals surface area contributed by atoms with Crippen LogP contribution < -0.4 is 0 Å². The molecule has 4 aromatic rings. The molecule has 0 aliphatic carbocycles. The van der Waals surface area contributed by atoms with Crippen LogP contribution in [0.25, 0.3) is 32.7 Å². The van der Waals surface area contributed by atoms with Gasteiger partial charge in [-0.3, -0.25) is 0 Å². The molecule has 0 heterocycles. The van der Waals surface area contributed by atoms with Gasteiger partial charge in [0, 0.05) is 33.4 Å². The van der Waals surface area contributed by atoms with E-state index in [4.69, 9.17) is 25.7 Å². The molecule has 4 aromatic carbocycles. The van der Waals surface area contributed by atoms with E-state index in [0.717, 1.165) is 0 Å². The number of rotatable bonds is 1. The van der Waals surface area contributed by atoms with Crippen LogP contribution in [0, 0.1) is 49.4 Å². The molecular formula is C28H14O2. The second-order valence-corrected chi connectivity index (χ2v) is 6.66. The molecule has 138 valence electrons. The Balaban J connectivity index is 2.22. The van der Waals surface area contributed by atoms with Crippen LogP contribution >= 0.6 is 0 Å². The van der Waals surface area contributed by atoms with Crippen molar-refractivity contribution < 1.29 is 10.2 Å². The van der Waals surface area contributed by atoms with E-state index in [1.807, 2.05) is 0 Å². The molecule has 0 saturated heterocycles. The average molecular weight is 382 g/mol. The van der Waals surface area contributed by atoms with Crippen molar-refractivity contribution >= 4 is 21.5 Å². The van der Waals surface area contributed by atoms with Crippen molar-refractivity contribution in [2.45, 2.75) is 0 Å². The highest BCUT2D eigenvalue weighted by Gasteiger charge is 2.19. The molecule has 2 N–H and O–H groups in total. The highest BCUT2D eigenvalue weighted by Crippen LogP contribution is 2.45. The molecule has 0 bridgehead atoms. The summed E-state index contributed by atoms with van der Waals surface area (Å²) in [7, 11) is 0. The lowest BCUT2D eigenvalue weighted by Crippen LogP contribution is -1.93. The van der Waals surface area contributed by atoms with Gasteiger partial charge in [-0.25, -0.2) is 0 Å². The summed E-state index contributed by atoms with van der Waals surface area (Å²) in [6, 6.07) is 13.5. The zero-order chi connectivity index (χ0) is 21.4. The SMILES string of the molecule is C#Cc1ccc2c(-c3c(O)ccc4c(C#C)c(C#C)ccc34)c(O)ccc2c1C#C. The second kappa shape index (κ2) is 7.00. The maximum Gasteiger partial charge on any atom is 0.124 e. The van der Waals surface area contributed by atoms with Crippen LogP contribution in [-0.2, 0) is 0 Å². The molecule has 0 unspecified atom stereocenters. The summed E-state index contributed by atoms with van der Waals surface area (Å²) in [5.41, 5.74) is 3.14. The van der Waals surface area contributed by atoms with E-state index >= 15 is 0 Å². The van der Waals surface area contributed by atoms with Gasteiger partial charge in [0.1, 0.15) is 11.5 Å². The van der Waals surface area contributed by atoms with Gasteiger partial charge in [-0.15, -0.1) is 25.7 Å².